The van der Waals surface area contributed by atoms with Gasteiger partial charge in [0, 0.05) is 32.3 Å². The Balaban J connectivity index is 1.19. The molecule has 0 saturated heterocycles. The summed E-state index contributed by atoms with van der Waals surface area (Å²) in [5.74, 6) is 1.31. The number of furan rings is 1. The minimum absolute atomic E-state index is 0.147. The molecule has 254 valence electrons. The summed E-state index contributed by atoms with van der Waals surface area (Å²) in [5, 5.41) is 5.61. The van der Waals surface area contributed by atoms with Crippen molar-refractivity contribution in [3.63, 3.8) is 0 Å². The molecule has 4 heterocycles. The number of nitrogens with zero attached hydrogens (tertiary/aromatic N) is 4. The highest BCUT2D eigenvalue weighted by Crippen LogP contribution is 2.52. The zero-order valence-electron chi connectivity index (χ0n) is 29.7. The summed E-state index contributed by atoms with van der Waals surface area (Å²) in [5.41, 5.74) is 14.0. The van der Waals surface area contributed by atoms with E-state index >= 15 is 0 Å². The number of aromatic nitrogens is 4. The summed E-state index contributed by atoms with van der Waals surface area (Å²) < 4.78 is 11.3. The van der Waals surface area contributed by atoms with Gasteiger partial charge in [-0.05, 0) is 69.8 Å². The van der Waals surface area contributed by atoms with Crippen LogP contribution in [0.5, 0.6) is 0 Å². The van der Waals surface area contributed by atoms with Crippen LogP contribution in [0.4, 0.5) is 0 Å². The average molecular weight is 693 g/mol. The van der Waals surface area contributed by atoms with E-state index in [-0.39, 0.29) is 5.41 Å². The van der Waals surface area contributed by atoms with Gasteiger partial charge in [-0.1, -0.05) is 135 Å². The first-order valence-electron chi connectivity index (χ1n) is 18.5. The van der Waals surface area contributed by atoms with Gasteiger partial charge in [0.15, 0.2) is 11.4 Å². The monoisotopic (exact) mass is 692 g/mol. The maximum Gasteiger partial charge on any atom is 0.237 e. The number of fused-ring (bicyclic) bond motifs is 12. The summed E-state index contributed by atoms with van der Waals surface area (Å²) in [7, 11) is 0. The van der Waals surface area contributed by atoms with Gasteiger partial charge in [-0.25, -0.2) is 4.98 Å². The van der Waals surface area contributed by atoms with Crippen molar-refractivity contribution in [3.05, 3.63) is 169 Å². The number of hydrogen-bond acceptors (Lipinski definition) is 3. The fraction of sp³-hybridized carbons (Fsp3) is 0.0612. The Morgan fingerprint density at radius 3 is 1.67 bits per heavy atom. The average Bonchev–Trinajstić information content (AvgIpc) is 3.93. The highest BCUT2D eigenvalue weighted by molar-refractivity contribution is 6.13. The zero-order valence-corrected chi connectivity index (χ0v) is 29.7. The Morgan fingerprint density at radius 1 is 0.481 bits per heavy atom. The predicted molar refractivity (Wildman–Crippen MR) is 221 cm³/mol. The van der Waals surface area contributed by atoms with Crippen molar-refractivity contribution in [2.45, 2.75) is 19.3 Å². The zero-order chi connectivity index (χ0) is 35.7. The van der Waals surface area contributed by atoms with Crippen LogP contribution in [-0.2, 0) is 5.41 Å². The summed E-state index contributed by atoms with van der Waals surface area (Å²) >= 11 is 0. The molecule has 0 bridgehead atoms. The van der Waals surface area contributed by atoms with Crippen molar-refractivity contribution in [1.82, 2.24) is 19.1 Å². The van der Waals surface area contributed by atoms with E-state index in [1.54, 1.807) is 0 Å². The maximum atomic E-state index is 6.87. The van der Waals surface area contributed by atoms with Crippen LogP contribution in [0.3, 0.4) is 0 Å². The number of para-hydroxylation sites is 4. The molecule has 0 saturated carbocycles. The van der Waals surface area contributed by atoms with Gasteiger partial charge >= 0.3 is 0 Å². The normalized spacial score (nSPS) is 13.5. The van der Waals surface area contributed by atoms with Crippen LogP contribution in [0.15, 0.2) is 162 Å². The largest absolute Gasteiger partial charge is 0.450 e. The van der Waals surface area contributed by atoms with E-state index in [4.69, 9.17) is 14.4 Å². The Labute approximate surface area is 310 Å². The molecule has 11 aromatic rings. The van der Waals surface area contributed by atoms with Gasteiger partial charge in [0.25, 0.3) is 0 Å². The molecule has 5 nitrogen and oxygen atoms in total. The molecule has 0 atom stereocenters. The number of hydrogen-bond donors (Lipinski definition) is 0. The smallest absolute Gasteiger partial charge is 0.237 e. The molecule has 0 unspecified atom stereocenters. The van der Waals surface area contributed by atoms with Gasteiger partial charge in [-0.15, -0.1) is 0 Å². The molecule has 54 heavy (non-hydrogen) atoms. The maximum absolute atomic E-state index is 6.87. The fourth-order valence-electron chi connectivity index (χ4n) is 9.41. The summed E-state index contributed by atoms with van der Waals surface area (Å²) in [6, 6.07) is 56.2. The first-order chi connectivity index (χ1) is 26.6. The lowest BCUT2D eigenvalue weighted by Gasteiger charge is -2.24. The van der Waals surface area contributed by atoms with Gasteiger partial charge in [-0.2, -0.15) is 4.98 Å². The van der Waals surface area contributed by atoms with Crippen LogP contribution in [0.1, 0.15) is 25.0 Å². The Hall–Kier alpha value is -6.98. The minimum atomic E-state index is -0.147. The van der Waals surface area contributed by atoms with E-state index in [2.05, 4.69) is 181 Å². The third kappa shape index (κ3) is 3.83. The van der Waals surface area contributed by atoms with Crippen molar-refractivity contribution in [2.24, 2.45) is 0 Å². The van der Waals surface area contributed by atoms with Crippen molar-refractivity contribution in [1.29, 1.82) is 0 Å². The van der Waals surface area contributed by atoms with Crippen molar-refractivity contribution < 1.29 is 4.42 Å². The summed E-state index contributed by atoms with van der Waals surface area (Å²) in [6.45, 7) is 4.69. The van der Waals surface area contributed by atoms with Gasteiger partial charge in [0.05, 0.1) is 22.1 Å². The van der Waals surface area contributed by atoms with Gasteiger partial charge < -0.3 is 4.42 Å². The van der Waals surface area contributed by atoms with E-state index in [0.29, 0.717) is 17.3 Å². The molecule has 0 radical (unpaired) electrons. The van der Waals surface area contributed by atoms with Crippen molar-refractivity contribution in [2.75, 3.05) is 0 Å². The molecule has 0 fully saturated rings. The van der Waals surface area contributed by atoms with Gasteiger partial charge in [-0.3, -0.25) is 9.13 Å². The standard InChI is InChI=1S/C49H32N4O/c1-49(2)38-21-8-3-14-31(38)36-20-13-19-30(44(36)49)29-26-27-43-37(28-29)45-46(54-43)47(52-39-22-9-4-15-32(39)33-16-5-10-23-40(33)52)51-48(50-45)53-41-24-11-6-17-34(41)35-18-7-12-25-42(35)53/h3-28H,1-2H3. The predicted octanol–water partition coefficient (Wildman–Crippen LogP) is 12.5. The van der Waals surface area contributed by atoms with E-state index in [9.17, 15) is 0 Å². The van der Waals surface area contributed by atoms with Crippen molar-refractivity contribution >= 4 is 65.7 Å². The molecule has 1 aliphatic rings. The molecular formula is C49H32N4O. The first kappa shape index (κ1) is 29.6. The van der Waals surface area contributed by atoms with Crippen LogP contribution < -0.4 is 0 Å². The Morgan fingerprint density at radius 2 is 1.02 bits per heavy atom. The topological polar surface area (TPSA) is 48.8 Å². The molecule has 7 aromatic carbocycles. The van der Waals surface area contributed by atoms with E-state index in [0.717, 1.165) is 54.9 Å². The van der Waals surface area contributed by atoms with Gasteiger partial charge in [0.1, 0.15) is 11.1 Å². The minimum Gasteiger partial charge on any atom is -0.450 e. The highest BCUT2D eigenvalue weighted by atomic mass is 16.3. The molecule has 0 N–H and O–H groups in total. The Kier molecular flexibility index (Phi) is 5.78. The molecule has 5 heteroatoms. The molecule has 4 aromatic heterocycles. The third-order valence-electron chi connectivity index (χ3n) is 11.7. The molecule has 0 spiro atoms. The molecule has 0 amide bonds. The van der Waals surface area contributed by atoms with Crippen LogP contribution >= 0.6 is 0 Å². The lowest BCUT2D eigenvalue weighted by molar-refractivity contribution is 0.661. The number of benzene rings is 7. The second kappa shape index (κ2) is 10.6. The SMILES string of the molecule is CC1(C)c2ccccc2-c2cccc(-c3ccc4oc5c(-n6c7ccccc7c7ccccc76)nc(-n6c7ccccc7c7ccccc76)nc5c4c3)c21. The quantitative estimate of drug-likeness (QED) is 0.185. The molecule has 12 rings (SSSR count). The fourth-order valence-corrected chi connectivity index (χ4v) is 9.41. The highest BCUT2D eigenvalue weighted by Gasteiger charge is 2.37. The summed E-state index contributed by atoms with van der Waals surface area (Å²) in [6.07, 6.45) is 0. The van der Waals surface area contributed by atoms with Crippen LogP contribution in [0, 0.1) is 0 Å². The molecule has 0 aliphatic heterocycles. The first-order valence-corrected chi connectivity index (χ1v) is 18.5. The lowest BCUT2D eigenvalue weighted by atomic mass is 9.79. The van der Waals surface area contributed by atoms with E-state index in [1.807, 2.05) is 0 Å². The van der Waals surface area contributed by atoms with Crippen LogP contribution in [-0.4, -0.2) is 19.1 Å². The Bertz CT molecular complexity index is 3270. The lowest BCUT2D eigenvalue weighted by Crippen LogP contribution is -2.16. The summed E-state index contributed by atoms with van der Waals surface area (Å²) in [4.78, 5) is 10.9. The number of rotatable bonds is 3. The molecule has 1 aliphatic carbocycles. The van der Waals surface area contributed by atoms with Gasteiger partial charge in [0.2, 0.25) is 5.95 Å². The second-order valence-electron chi connectivity index (χ2n) is 15.0. The second-order valence-corrected chi connectivity index (χ2v) is 15.0. The molecular weight excluding hydrogens is 661 g/mol. The van der Waals surface area contributed by atoms with Crippen LogP contribution in [0.25, 0.3) is 99.7 Å². The van der Waals surface area contributed by atoms with Crippen molar-refractivity contribution in [3.8, 4) is 34.0 Å². The third-order valence-corrected chi connectivity index (χ3v) is 11.7. The van der Waals surface area contributed by atoms with E-state index < -0.39 is 0 Å². The van der Waals surface area contributed by atoms with Crippen LogP contribution in [0.2, 0.25) is 0 Å². The van der Waals surface area contributed by atoms with E-state index in [1.165, 1.54) is 38.6 Å².